The van der Waals surface area contributed by atoms with E-state index >= 15 is 0 Å². The fourth-order valence-electron chi connectivity index (χ4n) is 3.43. The monoisotopic (exact) mass is 448 g/mol. The lowest BCUT2D eigenvalue weighted by molar-refractivity contribution is -0.140. The molecule has 1 amide bonds. The number of carbonyl (C=O) groups excluding carboxylic acids is 2. The van der Waals surface area contributed by atoms with Gasteiger partial charge in [-0.05, 0) is 43.9 Å². The Hall–Kier alpha value is -2.54. The van der Waals surface area contributed by atoms with Gasteiger partial charge in [0.15, 0.2) is 0 Å². The van der Waals surface area contributed by atoms with Crippen LogP contribution in [0.25, 0.3) is 5.76 Å². The average molecular weight is 449 g/mol. The van der Waals surface area contributed by atoms with Gasteiger partial charge in [0.05, 0.1) is 34.3 Å². The lowest BCUT2D eigenvalue weighted by atomic mass is 9.95. The van der Waals surface area contributed by atoms with Crippen LogP contribution in [0.2, 0.25) is 10.0 Å². The number of Topliss-reactive ketones (excluding diaryl/α,β-unsaturated/α-hetero) is 1. The van der Waals surface area contributed by atoms with E-state index in [2.05, 4.69) is 0 Å². The number of ketones is 1. The van der Waals surface area contributed by atoms with Crippen LogP contribution in [0.5, 0.6) is 5.75 Å². The Morgan fingerprint density at radius 2 is 1.83 bits per heavy atom. The molecule has 1 heterocycles. The van der Waals surface area contributed by atoms with E-state index < -0.39 is 17.7 Å². The molecular weight excluding hydrogens is 427 g/mol. The van der Waals surface area contributed by atoms with Crippen molar-refractivity contribution in [3.63, 3.8) is 0 Å². The zero-order chi connectivity index (χ0) is 22.0. The Kier molecular flexibility index (Phi) is 6.71. The first kappa shape index (κ1) is 22.2. The summed E-state index contributed by atoms with van der Waals surface area (Å²) in [7, 11) is 5.22. The number of halogens is 2. The van der Waals surface area contributed by atoms with Gasteiger partial charge in [0, 0.05) is 13.1 Å². The molecule has 1 atom stereocenters. The van der Waals surface area contributed by atoms with Crippen molar-refractivity contribution in [2.75, 3.05) is 34.3 Å². The molecule has 6 nitrogen and oxygen atoms in total. The molecule has 158 valence electrons. The lowest BCUT2D eigenvalue weighted by Gasteiger charge is -2.27. The first-order chi connectivity index (χ1) is 14.3. The molecular formula is C22H22Cl2N2O4. The fourth-order valence-corrected chi connectivity index (χ4v) is 3.74. The quantitative estimate of drug-likeness (QED) is 0.411. The highest BCUT2D eigenvalue weighted by Crippen LogP contribution is 2.41. The number of likely N-dealkylation sites (tertiary alicyclic amines) is 1. The summed E-state index contributed by atoms with van der Waals surface area (Å²) < 4.78 is 5.32. The predicted octanol–water partition coefficient (Wildman–Crippen LogP) is 3.99. The Morgan fingerprint density at radius 1 is 1.13 bits per heavy atom. The molecule has 0 bridgehead atoms. The molecule has 0 saturated carbocycles. The Bertz CT molecular complexity index is 1020. The van der Waals surface area contributed by atoms with Crippen molar-refractivity contribution in [3.8, 4) is 5.75 Å². The van der Waals surface area contributed by atoms with E-state index in [1.165, 1.54) is 12.0 Å². The summed E-state index contributed by atoms with van der Waals surface area (Å²) in [4.78, 5) is 29.2. The second-order valence-electron chi connectivity index (χ2n) is 7.17. The number of benzene rings is 2. The van der Waals surface area contributed by atoms with Gasteiger partial charge in [-0.25, -0.2) is 0 Å². The van der Waals surface area contributed by atoms with Gasteiger partial charge in [0.1, 0.15) is 11.5 Å². The third-order valence-corrected chi connectivity index (χ3v) is 5.69. The third-order valence-electron chi connectivity index (χ3n) is 4.95. The van der Waals surface area contributed by atoms with E-state index in [4.69, 9.17) is 27.9 Å². The summed E-state index contributed by atoms with van der Waals surface area (Å²) in [5.74, 6) is -1.34. The molecule has 8 heteroatoms. The summed E-state index contributed by atoms with van der Waals surface area (Å²) in [5, 5.41) is 11.8. The number of nitrogens with zero attached hydrogens (tertiary/aromatic N) is 2. The maximum atomic E-state index is 13.0. The van der Waals surface area contributed by atoms with Crippen LogP contribution in [0.15, 0.2) is 48.0 Å². The topological polar surface area (TPSA) is 70.1 Å². The van der Waals surface area contributed by atoms with Gasteiger partial charge < -0.3 is 19.6 Å². The van der Waals surface area contributed by atoms with Gasteiger partial charge in [-0.1, -0.05) is 41.4 Å². The minimum atomic E-state index is -0.801. The summed E-state index contributed by atoms with van der Waals surface area (Å²) in [6.07, 6.45) is 0. The van der Waals surface area contributed by atoms with Crippen LogP contribution in [0, 0.1) is 0 Å². The van der Waals surface area contributed by atoms with Crippen LogP contribution in [-0.2, 0) is 9.59 Å². The van der Waals surface area contributed by atoms with Crippen LogP contribution in [0.1, 0.15) is 17.2 Å². The minimum absolute atomic E-state index is 0.0124. The molecule has 1 N–H and O–H groups in total. The van der Waals surface area contributed by atoms with Gasteiger partial charge in [0.2, 0.25) is 0 Å². The highest BCUT2D eigenvalue weighted by molar-refractivity contribution is 6.47. The van der Waals surface area contributed by atoms with Crippen molar-refractivity contribution < 1.29 is 19.4 Å². The molecule has 1 aliphatic heterocycles. The molecule has 1 fully saturated rings. The van der Waals surface area contributed by atoms with E-state index in [1.54, 1.807) is 42.5 Å². The SMILES string of the molecule is COc1ccccc1/C(O)=C1\C(=O)C(=O)N(CCN(C)C)C1c1ccc(Cl)c(Cl)c1. The summed E-state index contributed by atoms with van der Waals surface area (Å²) in [6.45, 7) is 0.838. The zero-order valence-electron chi connectivity index (χ0n) is 16.9. The highest BCUT2D eigenvalue weighted by Gasteiger charge is 2.46. The van der Waals surface area contributed by atoms with Crippen LogP contribution in [0.4, 0.5) is 0 Å². The maximum absolute atomic E-state index is 13.0. The molecule has 1 unspecified atom stereocenters. The number of methoxy groups -OCH3 is 1. The van der Waals surface area contributed by atoms with E-state index in [0.29, 0.717) is 40.0 Å². The van der Waals surface area contributed by atoms with E-state index in [0.717, 1.165) is 0 Å². The Balaban J connectivity index is 2.21. The second kappa shape index (κ2) is 9.08. The highest BCUT2D eigenvalue weighted by atomic mass is 35.5. The summed E-state index contributed by atoms with van der Waals surface area (Å²) in [5.41, 5.74) is 0.899. The van der Waals surface area contributed by atoms with Crippen LogP contribution < -0.4 is 4.74 Å². The first-order valence-electron chi connectivity index (χ1n) is 9.27. The minimum Gasteiger partial charge on any atom is -0.507 e. The summed E-state index contributed by atoms with van der Waals surface area (Å²) >= 11 is 12.3. The summed E-state index contributed by atoms with van der Waals surface area (Å²) in [6, 6.07) is 10.9. The van der Waals surface area contributed by atoms with E-state index in [1.807, 2.05) is 19.0 Å². The number of carbonyl (C=O) groups is 2. The van der Waals surface area contributed by atoms with Crippen molar-refractivity contribution in [1.82, 2.24) is 9.80 Å². The number of hydrogen-bond donors (Lipinski definition) is 1. The molecule has 30 heavy (non-hydrogen) atoms. The number of amides is 1. The lowest BCUT2D eigenvalue weighted by Crippen LogP contribution is -2.35. The van der Waals surface area contributed by atoms with Gasteiger partial charge in [-0.15, -0.1) is 0 Å². The van der Waals surface area contributed by atoms with Crippen LogP contribution in [-0.4, -0.2) is 60.9 Å². The van der Waals surface area contributed by atoms with Crippen molar-refractivity contribution in [2.24, 2.45) is 0 Å². The third kappa shape index (κ3) is 4.17. The second-order valence-corrected chi connectivity index (χ2v) is 7.98. The van der Waals surface area contributed by atoms with Gasteiger partial charge in [-0.2, -0.15) is 0 Å². The fraction of sp³-hybridized carbons (Fsp3) is 0.273. The Morgan fingerprint density at radius 3 is 2.47 bits per heavy atom. The molecule has 3 rings (SSSR count). The molecule has 2 aromatic rings. The Labute approximate surface area is 185 Å². The van der Waals surface area contributed by atoms with Gasteiger partial charge >= 0.3 is 0 Å². The molecule has 1 saturated heterocycles. The smallest absolute Gasteiger partial charge is 0.295 e. The van der Waals surface area contributed by atoms with Crippen molar-refractivity contribution in [1.29, 1.82) is 0 Å². The number of aliphatic hydroxyl groups is 1. The van der Waals surface area contributed by atoms with Crippen molar-refractivity contribution in [2.45, 2.75) is 6.04 Å². The van der Waals surface area contributed by atoms with Crippen molar-refractivity contribution in [3.05, 3.63) is 69.2 Å². The number of ether oxygens (including phenoxy) is 1. The molecule has 0 aromatic heterocycles. The van der Waals surface area contributed by atoms with Gasteiger partial charge in [-0.3, -0.25) is 9.59 Å². The van der Waals surface area contributed by atoms with E-state index in [9.17, 15) is 14.7 Å². The molecule has 2 aromatic carbocycles. The first-order valence-corrected chi connectivity index (χ1v) is 10.0. The number of rotatable bonds is 6. The maximum Gasteiger partial charge on any atom is 0.295 e. The number of aliphatic hydroxyl groups excluding tert-OH is 1. The largest absolute Gasteiger partial charge is 0.507 e. The molecule has 1 aliphatic rings. The number of hydrogen-bond acceptors (Lipinski definition) is 5. The normalized spacial score (nSPS) is 18.3. The zero-order valence-corrected chi connectivity index (χ0v) is 18.4. The van der Waals surface area contributed by atoms with Gasteiger partial charge in [0.25, 0.3) is 11.7 Å². The standard InChI is InChI=1S/C22H22Cl2N2O4/c1-25(2)10-11-26-19(13-8-9-15(23)16(24)12-13)18(21(28)22(26)29)20(27)14-6-4-5-7-17(14)30-3/h4-9,12,19,27H,10-11H2,1-3H3/b20-18+. The molecule has 0 spiro atoms. The number of para-hydroxylation sites is 1. The van der Waals surface area contributed by atoms with Crippen LogP contribution in [0.3, 0.4) is 0 Å². The van der Waals surface area contributed by atoms with Crippen molar-refractivity contribution >= 4 is 40.7 Å². The van der Waals surface area contributed by atoms with Crippen LogP contribution >= 0.6 is 23.2 Å². The molecule has 0 aliphatic carbocycles. The van der Waals surface area contributed by atoms with E-state index in [-0.39, 0.29) is 11.3 Å². The average Bonchev–Trinajstić information content (AvgIpc) is 2.98. The molecule has 0 radical (unpaired) electrons. The predicted molar refractivity (Wildman–Crippen MR) is 117 cm³/mol. The number of likely N-dealkylation sites (N-methyl/N-ethyl adjacent to an activating group) is 1.